The van der Waals surface area contributed by atoms with Crippen LogP contribution in [0.3, 0.4) is 0 Å². The number of carbonyl (C=O) groups excluding carboxylic acids is 1. The van der Waals surface area contributed by atoms with E-state index in [0.717, 1.165) is 22.9 Å². The molecule has 1 N–H and O–H groups in total. The molecule has 0 saturated heterocycles. The molecular formula is C21H17FN4O2S. The largest absolute Gasteiger partial charge is 0.438 e. The molecule has 29 heavy (non-hydrogen) atoms. The molecule has 8 heteroatoms. The Morgan fingerprint density at radius 1 is 1.21 bits per heavy atom. The second kappa shape index (κ2) is 9.17. The Balaban J connectivity index is 1.63. The number of aromatic nitrogens is 2. The maximum atomic E-state index is 12.9. The normalized spacial score (nSPS) is 10.3. The molecule has 1 heterocycles. The lowest BCUT2D eigenvalue weighted by atomic mass is 10.1. The van der Waals surface area contributed by atoms with Crippen LogP contribution in [-0.2, 0) is 4.79 Å². The summed E-state index contributed by atoms with van der Waals surface area (Å²) in [6.45, 7) is 3.72. The molecule has 3 rings (SSSR count). The van der Waals surface area contributed by atoms with Gasteiger partial charge in [0, 0.05) is 18.0 Å². The third-order valence-electron chi connectivity index (χ3n) is 3.86. The SMILES string of the molecule is Cc1cc(C#N)cc(C)c1Oc1ccnc(SCC(=O)Nc2ccc(F)cc2)n1. The van der Waals surface area contributed by atoms with E-state index >= 15 is 0 Å². The van der Waals surface area contributed by atoms with Crippen LogP contribution in [0.25, 0.3) is 0 Å². The molecule has 0 spiro atoms. The fraction of sp³-hybridized carbons (Fsp3) is 0.143. The molecule has 0 aliphatic carbocycles. The van der Waals surface area contributed by atoms with E-state index in [1.807, 2.05) is 13.8 Å². The smallest absolute Gasteiger partial charge is 0.234 e. The van der Waals surface area contributed by atoms with Crippen molar-refractivity contribution in [3.8, 4) is 17.7 Å². The average molecular weight is 408 g/mol. The number of nitrogens with zero attached hydrogens (tertiary/aromatic N) is 3. The first kappa shape index (κ1) is 20.3. The van der Waals surface area contributed by atoms with Gasteiger partial charge in [0.1, 0.15) is 11.6 Å². The summed E-state index contributed by atoms with van der Waals surface area (Å²) >= 11 is 1.16. The zero-order valence-electron chi connectivity index (χ0n) is 15.8. The molecule has 2 aromatic carbocycles. The maximum absolute atomic E-state index is 12.9. The first-order valence-corrected chi connectivity index (χ1v) is 9.63. The van der Waals surface area contributed by atoms with E-state index < -0.39 is 0 Å². The van der Waals surface area contributed by atoms with Crippen LogP contribution in [-0.4, -0.2) is 21.6 Å². The summed E-state index contributed by atoms with van der Waals surface area (Å²) in [6.07, 6.45) is 1.55. The topological polar surface area (TPSA) is 87.9 Å². The number of nitrogens with one attached hydrogen (secondary N) is 1. The van der Waals surface area contributed by atoms with Crippen molar-refractivity contribution in [2.45, 2.75) is 19.0 Å². The number of halogens is 1. The summed E-state index contributed by atoms with van der Waals surface area (Å²) in [5.74, 6) is 0.450. The Bertz CT molecular complexity index is 1060. The summed E-state index contributed by atoms with van der Waals surface area (Å²) < 4.78 is 18.8. The van der Waals surface area contributed by atoms with Crippen molar-refractivity contribution in [2.75, 3.05) is 11.1 Å². The summed E-state index contributed by atoms with van der Waals surface area (Å²) in [6, 6.07) is 12.8. The standard InChI is InChI=1S/C21H17FN4O2S/c1-13-9-15(11-23)10-14(2)20(13)28-19-7-8-24-21(26-19)29-12-18(27)25-17-5-3-16(22)4-6-17/h3-10H,12H2,1-2H3,(H,25,27). The van der Waals surface area contributed by atoms with Crippen LogP contribution in [0.1, 0.15) is 16.7 Å². The van der Waals surface area contributed by atoms with Crippen molar-refractivity contribution in [1.82, 2.24) is 9.97 Å². The number of anilines is 1. The Labute approximate surface area is 171 Å². The van der Waals surface area contributed by atoms with Crippen molar-refractivity contribution in [3.63, 3.8) is 0 Å². The van der Waals surface area contributed by atoms with Gasteiger partial charge in [0.2, 0.25) is 11.8 Å². The number of nitriles is 1. The number of hydrogen-bond donors (Lipinski definition) is 1. The number of aryl methyl sites for hydroxylation is 2. The molecule has 0 fully saturated rings. The Morgan fingerprint density at radius 2 is 1.90 bits per heavy atom. The van der Waals surface area contributed by atoms with Crippen molar-refractivity contribution in [3.05, 3.63) is 71.2 Å². The molecule has 146 valence electrons. The zero-order valence-corrected chi connectivity index (χ0v) is 16.6. The van der Waals surface area contributed by atoms with Crippen molar-refractivity contribution in [1.29, 1.82) is 5.26 Å². The molecule has 6 nitrogen and oxygen atoms in total. The summed E-state index contributed by atoms with van der Waals surface area (Å²) in [4.78, 5) is 20.5. The van der Waals surface area contributed by atoms with Gasteiger partial charge in [-0.3, -0.25) is 4.79 Å². The van der Waals surface area contributed by atoms with Crippen molar-refractivity contribution in [2.24, 2.45) is 0 Å². The number of ether oxygens (including phenoxy) is 1. The van der Waals surface area contributed by atoms with Crippen molar-refractivity contribution >= 4 is 23.4 Å². The number of rotatable bonds is 6. The summed E-state index contributed by atoms with van der Waals surface area (Å²) in [7, 11) is 0. The van der Waals surface area contributed by atoms with Gasteiger partial charge in [-0.1, -0.05) is 11.8 Å². The second-order valence-electron chi connectivity index (χ2n) is 6.17. The molecule has 0 aliphatic heterocycles. The molecule has 0 bridgehead atoms. The van der Waals surface area contributed by atoms with E-state index in [-0.39, 0.29) is 17.5 Å². The van der Waals surface area contributed by atoms with E-state index in [9.17, 15) is 9.18 Å². The zero-order chi connectivity index (χ0) is 20.8. The van der Waals surface area contributed by atoms with Crippen LogP contribution >= 0.6 is 11.8 Å². The molecule has 1 amide bonds. The minimum absolute atomic E-state index is 0.0930. The van der Waals surface area contributed by atoms with Crippen LogP contribution in [0, 0.1) is 31.0 Å². The maximum Gasteiger partial charge on any atom is 0.234 e. The van der Waals surface area contributed by atoms with Gasteiger partial charge in [-0.2, -0.15) is 10.2 Å². The van der Waals surface area contributed by atoms with Gasteiger partial charge in [-0.15, -0.1) is 0 Å². The predicted octanol–water partition coefficient (Wildman–Crippen LogP) is 4.63. The lowest BCUT2D eigenvalue weighted by Crippen LogP contribution is -2.14. The molecule has 0 unspecified atom stereocenters. The molecule has 0 saturated carbocycles. The Hall–Kier alpha value is -3.44. The quantitative estimate of drug-likeness (QED) is 0.473. The monoisotopic (exact) mass is 408 g/mol. The van der Waals surface area contributed by atoms with Crippen LogP contribution in [0.2, 0.25) is 0 Å². The van der Waals surface area contributed by atoms with Gasteiger partial charge >= 0.3 is 0 Å². The number of amides is 1. The third-order valence-corrected chi connectivity index (χ3v) is 4.73. The summed E-state index contributed by atoms with van der Waals surface area (Å²) in [5, 5.41) is 12.1. The van der Waals surface area contributed by atoms with Gasteiger partial charge < -0.3 is 10.1 Å². The van der Waals surface area contributed by atoms with Gasteiger partial charge in [-0.25, -0.2) is 9.37 Å². The molecule has 1 aromatic heterocycles. The number of carbonyl (C=O) groups is 1. The lowest BCUT2D eigenvalue weighted by Gasteiger charge is -2.12. The van der Waals surface area contributed by atoms with Crippen LogP contribution in [0.4, 0.5) is 10.1 Å². The Kier molecular flexibility index (Phi) is 6.42. The highest BCUT2D eigenvalue weighted by molar-refractivity contribution is 7.99. The van der Waals surface area contributed by atoms with Gasteiger partial charge in [-0.05, 0) is 61.4 Å². The van der Waals surface area contributed by atoms with Gasteiger partial charge in [0.05, 0.1) is 17.4 Å². The van der Waals surface area contributed by atoms with E-state index in [1.54, 1.807) is 24.4 Å². The molecular weight excluding hydrogens is 391 g/mol. The predicted molar refractivity (Wildman–Crippen MR) is 108 cm³/mol. The number of thioether (sulfide) groups is 1. The van der Waals surface area contributed by atoms with Crippen molar-refractivity contribution < 1.29 is 13.9 Å². The van der Waals surface area contributed by atoms with Gasteiger partial charge in [0.25, 0.3) is 0 Å². The van der Waals surface area contributed by atoms with E-state index in [1.165, 1.54) is 24.3 Å². The molecule has 0 aliphatic rings. The highest BCUT2D eigenvalue weighted by Crippen LogP contribution is 2.29. The fourth-order valence-electron chi connectivity index (χ4n) is 2.59. The molecule has 0 radical (unpaired) electrons. The van der Waals surface area contributed by atoms with E-state index in [0.29, 0.717) is 28.0 Å². The summed E-state index contributed by atoms with van der Waals surface area (Å²) in [5.41, 5.74) is 2.74. The highest BCUT2D eigenvalue weighted by Gasteiger charge is 2.11. The molecule has 0 atom stereocenters. The van der Waals surface area contributed by atoms with E-state index in [4.69, 9.17) is 10.00 Å². The Morgan fingerprint density at radius 3 is 2.55 bits per heavy atom. The first-order chi connectivity index (χ1) is 13.9. The number of hydrogen-bond acceptors (Lipinski definition) is 6. The lowest BCUT2D eigenvalue weighted by molar-refractivity contribution is -0.113. The van der Waals surface area contributed by atoms with Gasteiger partial charge in [0.15, 0.2) is 5.16 Å². The first-order valence-electron chi connectivity index (χ1n) is 8.65. The molecule has 3 aromatic rings. The third kappa shape index (κ3) is 5.53. The highest BCUT2D eigenvalue weighted by atomic mass is 32.2. The minimum atomic E-state index is -0.365. The van der Waals surface area contributed by atoms with Crippen LogP contribution < -0.4 is 10.1 Å². The minimum Gasteiger partial charge on any atom is -0.438 e. The second-order valence-corrected chi connectivity index (χ2v) is 7.12. The van der Waals surface area contributed by atoms with E-state index in [2.05, 4.69) is 21.4 Å². The average Bonchev–Trinajstić information content (AvgIpc) is 2.71. The van der Waals surface area contributed by atoms with Crippen LogP contribution in [0.15, 0.2) is 53.8 Å². The number of benzene rings is 2. The fourth-order valence-corrected chi connectivity index (χ4v) is 3.21. The van der Waals surface area contributed by atoms with Crippen LogP contribution in [0.5, 0.6) is 11.6 Å².